The summed E-state index contributed by atoms with van der Waals surface area (Å²) in [6.45, 7) is 20.3. The van der Waals surface area contributed by atoms with Gasteiger partial charge in [0.25, 0.3) is 0 Å². The molecule has 0 aromatic rings. The fourth-order valence-corrected chi connectivity index (χ4v) is 5.91. The summed E-state index contributed by atoms with van der Waals surface area (Å²) in [5.74, 6) is -1.85. The highest BCUT2D eigenvalue weighted by Gasteiger charge is 2.50. The molecule has 0 radical (unpaired) electrons. The predicted molar refractivity (Wildman–Crippen MR) is 169 cm³/mol. The lowest BCUT2D eigenvalue weighted by Crippen LogP contribution is -2.40. The lowest BCUT2D eigenvalue weighted by molar-refractivity contribution is -0.165. The number of carbonyl (C=O) groups is 4. The van der Waals surface area contributed by atoms with Gasteiger partial charge in [0.05, 0.1) is 32.2 Å². The molecule has 2 unspecified atom stereocenters. The number of hydrogen-bond donors (Lipinski definition) is 1. The minimum absolute atomic E-state index is 0.0247. The maximum atomic E-state index is 14.4. The van der Waals surface area contributed by atoms with Crippen LogP contribution in [0.1, 0.15) is 83.1 Å². The molecule has 2 aliphatic rings. The van der Waals surface area contributed by atoms with Gasteiger partial charge >= 0.3 is 23.9 Å². The summed E-state index contributed by atoms with van der Waals surface area (Å²) < 4.78 is 54.5. The van der Waals surface area contributed by atoms with Gasteiger partial charge in [0.1, 0.15) is 24.1 Å². The molecule has 2 heterocycles. The van der Waals surface area contributed by atoms with Gasteiger partial charge in [0, 0.05) is 7.11 Å². The van der Waals surface area contributed by atoms with Gasteiger partial charge in [-0.25, -0.2) is 8.78 Å². The third kappa shape index (κ3) is 12.5. The molecular formula is C31H52F2O10S2. The van der Waals surface area contributed by atoms with E-state index in [1.54, 1.807) is 83.1 Å². The topological polar surface area (TPSA) is 135 Å². The van der Waals surface area contributed by atoms with Gasteiger partial charge < -0.3 is 28.8 Å². The van der Waals surface area contributed by atoms with Crippen LogP contribution in [0.5, 0.6) is 0 Å². The first-order valence-corrected chi connectivity index (χ1v) is 16.7. The summed E-state index contributed by atoms with van der Waals surface area (Å²) in [5, 5.41) is 8.52. The van der Waals surface area contributed by atoms with E-state index in [4.69, 9.17) is 23.7 Å². The Labute approximate surface area is 274 Å². The van der Waals surface area contributed by atoms with Crippen LogP contribution in [-0.2, 0) is 42.9 Å². The van der Waals surface area contributed by atoms with Gasteiger partial charge in [-0.2, -0.15) is 0 Å². The molecular weight excluding hydrogens is 634 g/mol. The Morgan fingerprint density at radius 1 is 0.600 bits per heavy atom. The van der Waals surface area contributed by atoms with Gasteiger partial charge in [-0.05, 0) is 83.1 Å². The van der Waals surface area contributed by atoms with Crippen molar-refractivity contribution in [1.82, 2.24) is 0 Å². The molecule has 2 rings (SSSR count). The van der Waals surface area contributed by atoms with Crippen LogP contribution in [0.25, 0.3) is 0 Å². The number of carbonyl (C=O) groups excluding carboxylic acids is 4. The zero-order chi connectivity index (χ0) is 35.3. The molecule has 2 saturated heterocycles. The average molecular weight is 687 g/mol. The second kappa shape index (κ2) is 16.0. The second-order valence-electron chi connectivity index (χ2n) is 15.2. The van der Waals surface area contributed by atoms with E-state index in [2.05, 4.69) is 0 Å². The van der Waals surface area contributed by atoms with Crippen molar-refractivity contribution in [2.75, 3.05) is 20.3 Å². The summed E-state index contributed by atoms with van der Waals surface area (Å²) in [4.78, 5) is 47.6. The zero-order valence-electron chi connectivity index (χ0n) is 28.7. The maximum Gasteiger partial charge on any atom is 0.311 e. The quantitative estimate of drug-likeness (QED) is 0.276. The van der Waals surface area contributed by atoms with Gasteiger partial charge in [0.2, 0.25) is 0 Å². The number of rotatable bonds is 7. The lowest BCUT2D eigenvalue weighted by Gasteiger charge is -2.25. The number of thioether (sulfide) groups is 2. The molecule has 0 spiro atoms. The van der Waals surface area contributed by atoms with Gasteiger partial charge in [-0.3, -0.25) is 19.2 Å². The van der Waals surface area contributed by atoms with Crippen LogP contribution in [0.15, 0.2) is 0 Å². The Morgan fingerprint density at radius 3 is 1.27 bits per heavy atom. The van der Waals surface area contributed by atoms with Crippen LogP contribution in [0.4, 0.5) is 8.78 Å². The number of aliphatic hydroxyl groups is 1. The van der Waals surface area contributed by atoms with Crippen molar-refractivity contribution >= 4 is 47.4 Å². The summed E-state index contributed by atoms with van der Waals surface area (Å²) in [6, 6.07) is 0. The van der Waals surface area contributed by atoms with E-state index in [1.165, 1.54) is 18.9 Å². The smallest absolute Gasteiger partial charge is 0.311 e. The average Bonchev–Trinajstić information content (AvgIpc) is 3.33. The van der Waals surface area contributed by atoms with E-state index in [-0.39, 0.29) is 19.2 Å². The molecule has 8 atom stereocenters. The molecule has 0 aromatic heterocycles. The molecule has 0 aromatic carbocycles. The van der Waals surface area contributed by atoms with Crippen molar-refractivity contribution in [2.45, 2.75) is 129 Å². The first-order chi connectivity index (χ1) is 20.2. The molecule has 45 heavy (non-hydrogen) atoms. The Bertz CT molecular complexity index is 1030. The van der Waals surface area contributed by atoms with Crippen molar-refractivity contribution in [2.24, 2.45) is 21.7 Å². The first-order valence-electron chi connectivity index (χ1n) is 14.8. The summed E-state index contributed by atoms with van der Waals surface area (Å²) >= 11 is 2.09. The molecule has 2 aliphatic heterocycles. The second-order valence-corrected chi connectivity index (χ2v) is 17.9. The maximum absolute atomic E-state index is 14.4. The van der Waals surface area contributed by atoms with E-state index in [1.807, 2.05) is 0 Å². The fourth-order valence-electron chi connectivity index (χ4n) is 3.47. The minimum Gasteiger partial charge on any atom is -0.464 e. The molecule has 0 amide bonds. The number of hydrogen-bond acceptors (Lipinski definition) is 12. The minimum atomic E-state index is -1.70. The summed E-state index contributed by atoms with van der Waals surface area (Å²) in [5.41, 5.74) is -4.86. The number of alkyl halides is 2. The van der Waals surface area contributed by atoms with Crippen LogP contribution in [0.3, 0.4) is 0 Å². The number of ether oxygens (including phenoxy) is 5. The first kappa shape index (κ1) is 41.4. The number of halogens is 2. The Balaban J connectivity index is 0.000000450. The van der Waals surface area contributed by atoms with Crippen LogP contribution < -0.4 is 0 Å². The van der Waals surface area contributed by atoms with Crippen molar-refractivity contribution in [3.05, 3.63) is 0 Å². The monoisotopic (exact) mass is 686 g/mol. The van der Waals surface area contributed by atoms with Gasteiger partial charge in [-0.15, -0.1) is 23.5 Å². The summed E-state index contributed by atoms with van der Waals surface area (Å²) in [6.07, 6.45) is -5.28. The molecule has 262 valence electrons. The van der Waals surface area contributed by atoms with E-state index < -0.39 is 85.5 Å². The lowest BCUT2D eigenvalue weighted by atomic mass is 9.97. The molecule has 10 nitrogen and oxygen atoms in total. The standard InChI is InChI=1S/C16H27FO5S.C15H25FO5S/c1-15(2,3)13(18)21-8-9-11(10(17)12(20-7)23-9)22-14(19)16(4,5)6;1-14(2,3)12(18)20-7-8-10(9(16)11(17)22-8)21-13(19)15(4,5)6/h9-12H,8H2,1-7H3;8-11,17H,7H2,1-6H3/t9-,10+,11-,12?;8-,9+,10-,11?/m11/s1. The molecule has 1 N–H and O–H groups in total. The summed E-state index contributed by atoms with van der Waals surface area (Å²) in [7, 11) is 1.40. The number of esters is 4. The van der Waals surface area contributed by atoms with E-state index in [0.717, 1.165) is 11.8 Å². The van der Waals surface area contributed by atoms with Crippen molar-refractivity contribution < 1.29 is 56.7 Å². The highest BCUT2D eigenvalue weighted by molar-refractivity contribution is 8.01. The van der Waals surface area contributed by atoms with Gasteiger partial charge in [0.15, 0.2) is 24.6 Å². The molecule has 14 heteroatoms. The Morgan fingerprint density at radius 2 is 0.933 bits per heavy atom. The SMILES string of the molecule is CC(C)(C)C(=O)OC[C@H]1SC(O)[C@@H](F)[C@@H]1OC(=O)C(C)(C)C.COC1S[C@H](COC(=O)C(C)(C)C)[C@@H](OC(=O)C(C)(C)C)[C@@H]1F. The predicted octanol–water partition coefficient (Wildman–Crippen LogP) is 5.27. The van der Waals surface area contributed by atoms with Crippen LogP contribution in [0.2, 0.25) is 0 Å². The van der Waals surface area contributed by atoms with Crippen LogP contribution >= 0.6 is 23.5 Å². The molecule has 0 saturated carbocycles. The third-order valence-corrected chi connectivity index (χ3v) is 9.21. The number of methoxy groups -OCH3 is 1. The fraction of sp³-hybridized carbons (Fsp3) is 0.871. The van der Waals surface area contributed by atoms with E-state index >= 15 is 0 Å². The van der Waals surface area contributed by atoms with E-state index in [0.29, 0.717) is 0 Å². The highest BCUT2D eigenvalue weighted by atomic mass is 32.2. The van der Waals surface area contributed by atoms with Crippen LogP contribution in [-0.4, -0.2) is 95.2 Å². The third-order valence-electron chi connectivity index (χ3n) is 6.44. The van der Waals surface area contributed by atoms with Crippen LogP contribution in [0, 0.1) is 21.7 Å². The Kier molecular flexibility index (Phi) is 14.7. The largest absolute Gasteiger partial charge is 0.464 e. The van der Waals surface area contributed by atoms with E-state index in [9.17, 15) is 33.1 Å². The Hall–Kier alpha value is -1.64. The molecule has 2 fully saturated rings. The van der Waals surface area contributed by atoms with Gasteiger partial charge in [-0.1, -0.05) is 0 Å². The highest BCUT2D eigenvalue weighted by Crippen LogP contribution is 2.40. The van der Waals surface area contributed by atoms with Crippen molar-refractivity contribution in [1.29, 1.82) is 0 Å². The van der Waals surface area contributed by atoms with Crippen molar-refractivity contribution in [3.8, 4) is 0 Å². The normalized spacial score (nSPS) is 28.9. The number of aliphatic hydroxyl groups excluding tert-OH is 1. The molecule has 0 aliphatic carbocycles. The molecule has 0 bridgehead atoms. The van der Waals surface area contributed by atoms with Crippen molar-refractivity contribution in [3.63, 3.8) is 0 Å². The zero-order valence-corrected chi connectivity index (χ0v) is 30.4.